The van der Waals surface area contributed by atoms with Gasteiger partial charge in [-0.1, -0.05) is 37.3 Å². The first-order valence-electron chi connectivity index (χ1n) is 8.29. The van der Waals surface area contributed by atoms with Crippen molar-refractivity contribution in [1.29, 1.82) is 0 Å². The summed E-state index contributed by atoms with van der Waals surface area (Å²) < 4.78 is 5.15. The first-order chi connectivity index (χ1) is 10.8. The second kappa shape index (κ2) is 9.15. The third-order valence-electron chi connectivity index (χ3n) is 3.57. The number of rotatable bonds is 7. The SMILES string of the molecule is CCCCNC(=O)OCCCc1cccc(C#CC2CC2)c1. The number of unbranched alkanes of at least 4 members (excludes halogenated alkanes) is 1. The predicted octanol–water partition coefficient (Wildman–Crippen LogP) is 3.91. The standard InChI is InChI=1S/C19H25NO2/c1-2-3-13-20-19(21)22-14-5-8-17-6-4-7-18(15-17)12-11-16-9-10-16/h4,6-7,15-16H,2-3,5,8-10,13-14H2,1H3,(H,20,21). The Hall–Kier alpha value is -1.95. The third kappa shape index (κ3) is 6.67. The van der Waals surface area contributed by atoms with Crippen LogP contribution in [-0.2, 0) is 11.2 Å². The molecule has 0 radical (unpaired) electrons. The lowest BCUT2D eigenvalue weighted by Gasteiger charge is -2.06. The first-order valence-corrected chi connectivity index (χ1v) is 8.29. The normalized spacial score (nSPS) is 13.1. The van der Waals surface area contributed by atoms with Gasteiger partial charge >= 0.3 is 6.09 Å². The van der Waals surface area contributed by atoms with E-state index in [-0.39, 0.29) is 6.09 Å². The third-order valence-corrected chi connectivity index (χ3v) is 3.57. The van der Waals surface area contributed by atoms with Crippen LogP contribution in [0.3, 0.4) is 0 Å². The van der Waals surface area contributed by atoms with Gasteiger partial charge < -0.3 is 10.1 Å². The van der Waals surface area contributed by atoms with Crippen LogP contribution in [0.1, 0.15) is 50.2 Å². The number of hydrogen-bond donors (Lipinski definition) is 1. The maximum absolute atomic E-state index is 11.4. The smallest absolute Gasteiger partial charge is 0.407 e. The molecule has 1 aliphatic carbocycles. The lowest BCUT2D eigenvalue weighted by molar-refractivity contribution is 0.145. The Kier molecular flexibility index (Phi) is 6.83. The van der Waals surface area contributed by atoms with E-state index in [4.69, 9.17) is 4.74 Å². The van der Waals surface area contributed by atoms with E-state index < -0.39 is 0 Å². The number of nitrogens with one attached hydrogen (secondary N) is 1. The molecule has 3 heteroatoms. The molecule has 1 saturated carbocycles. The van der Waals surface area contributed by atoms with Gasteiger partial charge in [-0.05, 0) is 49.8 Å². The van der Waals surface area contributed by atoms with Crippen LogP contribution in [0.5, 0.6) is 0 Å². The molecular weight excluding hydrogens is 274 g/mol. The molecule has 3 nitrogen and oxygen atoms in total. The monoisotopic (exact) mass is 299 g/mol. The minimum absolute atomic E-state index is 0.308. The molecular formula is C19H25NO2. The number of carbonyl (C=O) groups is 1. The van der Waals surface area contributed by atoms with Crippen LogP contribution < -0.4 is 5.32 Å². The Morgan fingerprint density at radius 1 is 1.36 bits per heavy atom. The van der Waals surface area contributed by atoms with Gasteiger partial charge in [0.15, 0.2) is 0 Å². The molecule has 0 spiro atoms. The van der Waals surface area contributed by atoms with E-state index >= 15 is 0 Å². The van der Waals surface area contributed by atoms with Crippen molar-refractivity contribution in [2.75, 3.05) is 13.2 Å². The number of carbonyl (C=O) groups excluding carboxylic acids is 1. The zero-order valence-electron chi connectivity index (χ0n) is 13.4. The fourth-order valence-corrected chi connectivity index (χ4v) is 2.08. The van der Waals surface area contributed by atoms with Crippen LogP contribution in [0.15, 0.2) is 24.3 Å². The first kappa shape index (κ1) is 16.4. The van der Waals surface area contributed by atoms with Gasteiger partial charge in [-0.2, -0.15) is 0 Å². The van der Waals surface area contributed by atoms with Crippen molar-refractivity contribution in [3.8, 4) is 11.8 Å². The fraction of sp³-hybridized carbons (Fsp3) is 0.526. The molecule has 0 aliphatic heterocycles. The van der Waals surface area contributed by atoms with E-state index in [2.05, 4.69) is 42.3 Å². The number of benzene rings is 1. The Balaban J connectivity index is 1.65. The number of hydrogen-bond acceptors (Lipinski definition) is 2. The maximum atomic E-state index is 11.4. The van der Waals surface area contributed by atoms with E-state index in [1.54, 1.807) is 0 Å². The highest BCUT2D eigenvalue weighted by Gasteiger charge is 2.17. The van der Waals surface area contributed by atoms with Gasteiger partial charge in [0.1, 0.15) is 0 Å². The van der Waals surface area contributed by atoms with Gasteiger partial charge in [0, 0.05) is 18.0 Å². The summed E-state index contributed by atoms with van der Waals surface area (Å²) in [5.41, 5.74) is 2.33. The molecule has 22 heavy (non-hydrogen) atoms. The minimum Gasteiger partial charge on any atom is -0.450 e. The minimum atomic E-state index is -0.308. The van der Waals surface area contributed by atoms with Gasteiger partial charge in [-0.25, -0.2) is 4.79 Å². The molecule has 0 aromatic heterocycles. The molecule has 1 aromatic carbocycles. The summed E-state index contributed by atoms with van der Waals surface area (Å²) in [5, 5.41) is 2.75. The van der Waals surface area contributed by atoms with Crippen molar-refractivity contribution in [3.05, 3.63) is 35.4 Å². The van der Waals surface area contributed by atoms with E-state index in [0.29, 0.717) is 19.1 Å². The molecule has 2 rings (SSSR count). The van der Waals surface area contributed by atoms with Crippen molar-refractivity contribution in [3.63, 3.8) is 0 Å². The quantitative estimate of drug-likeness (QED) is 0.612. The molecule has 0 atom stereocenters. The summed E-state index contributed by atoms with van der Waals surface area (Å²) in [6.45, 7) is 3.24. The largest absolute Gasteiger partial charge is 0.450 e. The topological polar surface area (TPSA) is 38.3 Å². The number of ether oxygens (including phenoxy) is 1. The van der Waals surface area contributed by atoms with Crippen molar-refractivity contribution in [2.45, 2.75) is 45.4 Å². The summed E-state index contributed by atoms with van der Waals surface area (Å²) in [6, 6.07) is 8.33. The molecule has 0 bridgehead atoms. The zero-order valence-corrected chi connectivity index (χ0v) is 13.4. The van der Waals surface area contributed by atoms with E-state index in [1.807, 2.05) is 6.07 Å². The van der Waals surface area contributed by atoms with Crippen molar-refractivity contribution >= 4 is 6.09 Å². The van der Waals surface area contributed by atoms with Gasteiger partial charge in [-0.3, -0.25) is 0 Å². The number of alkyl carbamates (subject to hydrolysis) is 1. The zero-order chi connectivity index (χ0) is 15.6. The van der Waals surface area contributed by atoms with E-state index in [0.717, 1.165) is 31.2 Å². The van der Waals surface area contributed by atoms with E-state index in [1.165, 1.54) is 18.4 Å². The van der Waals surface area contributed by atoms with Crippen LogP contribution in [-0.4, -0.2) is 19.2 Å². The predicted molar refractivity (Wildman–Crippen MR) is 88.6 cm³/mol. The van der Waals surface area contributed by atoms with Crippen LogP contribution in [0.25, 0.3) is 0 Å². The van der Waals surface area contributed by atoms with Gasteiger partial charge in [-0.15, -0.1) is 0 Å². The Morgan fingerprint density at radius 3 is 3.00 bits per heavy atom. The second-order valence-corrected chi connectivity index (χ2v) is 5.76. The Morgan fingerprint density at radius 2 is 2.23 bits per heavy atom. The van der Waals surface area contributed by atoms with Crippen LogP contribution >= 0.6 is 0 Å². The lowest BCUT2D eigenvalue weighted by Crippen LogP contribution is -2.25. The average Bonchev–Trinajstić information content (AvgIpc) is 3.35. The highest BCUT2D eigenvalue weighted by atomic mass is 16.5. The Labute approximate surface area is 133 Å². The molecule has 1 amide bonds. The van der Waals surface area contributed by atoms with Crippen molar-refractivity contribution < 1.29 is 9.53 Å². The van der Waals surface area contributed by atoms with Crippen molar-refractivity contribution in [2.24, 2.45) is 5.92 Å². The highest BCUT2D eigenvalue weighted by Crippen LogP contribution is 2.27. The highest BCUT2D eigenvalue weighted by molar-refractivity contribution is 5.66. The van der Waals surface area contributed by atoms with Crippen molar-refractivity contribution in [1.82, 2.24) is 5.32 Å². The van der Waals surface area contributed by atoms with Gasteiger partial charge in [0.2, 0.25) is 0 Å². The maximum Gasteiger partial charge on any atom is 0.407 e. The van der Waals surface area contributed by atoms with E-state index in [9.17, 15) is 4.79 Å². The number of amides is 1. The molecule has 0 heterocycles. The second-order valence-electron chi connectivity index (χ2n) is 5.76. The Bertz CT molecular complexity index is 538. The summed E-state index contributed by atoms with van der Waals surface area (Å²) in [4.78, 5) is 11.4. The molecule has 1 aromatic rings. The van der Waals surface area contributed by atoms with Crippen LogP contribution in [0.2, 0.25) is 0 Å². The molecule has 0 unspecified atom stereocenters. The fourth-order valence-electron chi connectivity index (χ4n) is 2.08. The van der Waals surface area contributed by atoms with Crippen LogP contribution in [0.4, 0.5) is 4.79 Å². The molecule has 118 valence electrons. The van der Waals surface area contributed by atoms with Gasteiger partial charge in [0.05, 0.1) is 6.61 Å². The number of aryl methyl sites for hydroxylation is 1. The molecule has 0 saturated heterocycles. The summed E-state index contributed by atoms with van der Waals surface area (Å²) >= 11 is 0. The lowest BCUT2D eigenvalue weighted by atomic mass is 10.1. The summed E-state index contributed by atoms with van der Waals surface area (Å²) in [5.74, 6) is 7.15. The molecule has 1 N–H and O–H groups in total. The van der Waals surface area contributed by atoms with Gasteiger partial charge in [0.25, 0.3) is 0 Å². The van der Waals surface area contributed by atoms with Crippen LogP contribution in [0, 0.1) is 17.8 Å². The average molecular weight is 299 g/mol. The molecule has 1 fully saturated rings. The molecule has 1 aliphatic rings. The summed E-state index contributed by atoms with van der Waals surface area (Å²) in [7, 11) is 0. The summed E-state index contributed by atoms with van der Waals surface area (Å²) in [6.07, 6.45) is 6.00.